The van der Waals surface area contributed by atoms with Crippen LogP contribution in [0, 0.1) is 0 Å². The van der Waals surface area contributed by atoms with Crippen molar-refractivity contribution in [3.8, 4) is 0 Å². The van der Waals surface area contributed by atoms with Gasteiger partial charge in [-0.15, -0.1) is 5.10 Å². The van der Waals surface area contributed by atoms with E-state index in [9.17, 15) is 4.79 Å². The molecule has 112 valence electrons. The van der Waals surface area contributed by atoms with Crippen LogP contribution in [0.25, 0.3) is 0 Å². The van der Waals surface area contributed by atoms with Crippen molar-refractivity contribution in [2.45, 2.75) is 18.9 Å². The first-order valence-corrected chi connectivity index (χ1v) is 7.79. The van der Waals surface area contributed by atoms with Gasteiger partial charge in [0.25, 0.3) is 0 Å². The number of carbonyl (C=O) groups is 1. The summed E-state index contributed by atoms with van der Waals surface area (Å²) in [6.07, 6.45) is 0.443. The molecule has 2 aromatic heterocycles. The maximum Gasteiger partial charge on any atom is 0.227 e. The van der Waals surface area contributed by atoms with Crippen molar-refractivity contribution in [1.29, 1.82) is 0 Å². The minimum atomic E-state index is 0.130. The Morgan fingerprint density at radius 2 is 2.43 bits per heavy atom. The van der Waals surface area contributed by atoms with Gasteiger partial charge in [0.2, 0.25) is 5.91 Å². The van der Waals surface area contributed by atoms with Crippen molar-refractivity contribution < 1.29 is 9.53 Å². The molecule has 3 rings (SSSR count). The van der Waals surface area contributed by atoms with Crippen molar-refractivity contribution in [2.75, 3.05) is 20.3 Å². The van der Waals surface area contributed by atoms with Crippen molar-refractivity contribution in [1.82, 2.24) is 19.9 Å². The molecule has 1 aliphatic heterocycles. The number of hydrogen-bond acceptors (Lipinski definition) is 5. The summed E-state index contributed by atoms with van der Waals surface area (Å²) in [7, 11) is 3.56. The summed E-state index contributed by atoms with van der Waals surface area (Å²) in [6, 6.07) is 1.99. The largest absolute Gasteiger partial charge is 0.384 e. The SMILES string of the molecule is COC[C@@H]1CN(C(=O)Cc2ccsc2)Cc2nnn(C)c21. The van der Waals surface area contributed by atoms with Crippen molar-refractivity contribution in [3.05, 3.63) is 33.8 Å². The van der Waals surface area contributed by atoms with Crippen LogP contribution in [0.15, 0.2) is 16.8 Å². The third-order valence-corrected chi connectivity index (χ3v) is 4.50. The van der Waals surface area contributed by atoms with Gasteiger partial charge in [0.1, 0.15) is 5.69 Å². The second kappa shape index (κ2) is 5.95. The third kappa shape index (κ3) is 2.84. The lowest BCUT2D eigenvalue weighted by Crippen LogP contribution is -2.40. The molecular weight excluding hydrogens is 288 g/mol. The highest BCUT2D eigenvalue weighted by Crippen LogP contribution is 2.27. The smallest absolute Gasteiger partial charge is 0.227 e. The summed E-state index contributed by atoms with van der Waals surface area (Å²) < 4.78 is 7.08. The first-order valence-electron chi connectivity index (χ1n) is 6.85. The fourth-order valence-electron chi connectivity index (χ4n) is 2.82. The van der Waals surface area contributed by atoms with Gasteiger partial charge < -0.3 is 9.64 Å². The predicted molar refractivity (Wildman–Crippen MR) is 79.1 cm³/mol. The third-order valence-electron chi connectivity index (χ3n) is 3.77. The second-order valence-electron chi connectivity index (χ2n) is 5.28. The average molecular weight is 306 g/mol. The molecular formula is C14H18N4O2S. The quantitative estimate of drug-likeness (QED) is 0.851. The van der Waals surface area contributed by atoms with Crippen LogP contribution in [0.3, 0.4) is 0 Å². The minimum Gasteiger partial charge on any atom is -0.384 e. The van der Waals surface area contributed by atoms with E-state index in [1.54, 1.807) is 23.1 Å². The van der Waals surface area contributed by atoms with E-state index in [0.29, 0.717) is 26.1 Å². The number of ether oxygens (including phenoxy) is 1. The van der Waals surface area contributed by atoms with Gasteiger partial charge in [0, 0.05) is 26.6 Å². The Bertz CT molecular complexity index is 623. The van der Waals surface area contributed by atoms with E-state index < -0.39 is 0 Å². The lowest BCUT2D eigenvalue weighted by atomic mass is 9.98. The normalized spacial score (nSPS) is 17.8. The molecule has 2 aromatic rings. The fourth-order valence-corrected chi connectivity index (χ4v) is 3.49. The Balaban J connectivity index is 1.78. The molecule has 0 N–H and O–H groups in total. The summed E-state index contributed by atoms with van der Waals surface area (Å²) in [4.78, 5) is 14.3. The Morgan fingerprint density at radius 1 is 1.57 bits per heavy atom. The number of aromatic nitrogens is 3. The fraction of sp³-hybridized carbons (Fsp3) is 0.500. The molecule has 3 heterocycles. The standard InChI is InChI=1S/C14H18N4O2S/c1-17-14-11(8-20-2)6-18(7-12(14)15-16-17)13(19)5-10-3-4-21-9-10/h3-4,9,11H,5-8H2,1-2H3/t11-/m0/s1. The van der Waals surface area contributed by atoms with Crippen molar-refractivity contribution in [2.24, 2.45) is 7.05 Å². The summed E-state index contributed by atoms with van der Waals surface area (Å²) in [5.41, 5.74) is 3.03. The van der Waals surface area contributed by atoms with Gasteiger partial charge >= 0.3 is 0 Å². The second-order valence-corrected chi connectivity index (χ2v) is 6.06. The highest BCUT2D eigenvalue weighted by Gasteiger charge is 2.32. The van der Waals surface area contributed by atoms with Crippen molar-refractivity contribution >= 4 is 17.2 Å². The Morgan fingerprint density at radius 3 is 3.14 bits per heavy atom. The molecule has 1 amide bonds. The van der Waals surface area contributed by atoms with Gasteiger partial charge in [-0.25, -0.2) is 0 Å². The van der Waals surface area contributed by atoms with E-state index in [4.69, 9.17) is 4.74 Å². The number of amides is 1. The van der Waals surface area contributed by atoms with E-state index in [0.717, 1.165) is 17.0 Å². The minimum absolute atomic E-state index is 0.130. The molecule has 7 heteroatoms. The first-order chi connectivity index (χ1) is 10.2. The topological polar surface area (TPSA) is 60.2 Å². The van der Waals surface area contributed by atoms with Gasteiger partial charge in [0.05, 0.1) is 25.3 Å². The van der Waals surface area contributed by atoms with Gasteiger partial charge in [-0.3, -0.25) is 9.48 Å². The van der Waals surface area contributed by atoms with Gasteiger partial charge in [-0.05, 0) is 22.4 Å². The number of methoxy groups -OCH3 is 1. The number of fused-ring (bicyclic) bond motifs is 1. The maximum absolute atomic E-state index is 12.5. The number of thiophene rings is 1. The maximum atomic E-state index is 12.5. The summed E-state index contributed by atoms with van der Waals surface area (Å²) in [6.45, 7) is 1.76. The molecule has 0 radical (unpaired) electrons. The molecule has 1 aliphatic rings. The number of hydrogen-bond donors (Lipinski definition) is 0. The molecule has 0 spiro atoms. The van der Waals surface area contributed by atoms with E-state index in [-0.39, 0.29) is 11.8 Å². The summed E-state index contributed by atoms with van der Waals surface area (Å²) >= 11 is 1.61. The van der Waals surface area contributed by atoms with Crippen molar-refractivity contribution in [3.63, 3.8) is 0 Å². The molecule has 6 nitrogen and oxygen atoms in total. The van der Waals surface area contributed by atoms with E-state index in [1.807, 2.05) is 28.8 Å². The van der Waals surface area contributed by atoms with E-state index in [2.05, 4.69) is 10.3 Å². The van der Waals surface area contributed by atoms with Crippen LogP contribution in [0.5, 0.6) is 0 Å². The van der Waals surface area contributed by atoms with Crippen LogP contribution in [0.1, 0.15) is 22.9 Å². The highest BCUT2D eigenvalue weighted by molar-refractivity contribution is 7.07. The van der Waals surface area contributed by atoms with Crippen LogP contribution >= 0.6 is 11.3 Å². The molecule has 0 aromatic carbocycles. The average Bonchev–Trinajstić information content (AvgIpc) is 3.09. The van der Waals surface area contributed by atoms with Crippen LogP contribution in [0.2, 0.25) is 0 Å². The van der Waals surface area contributed by atoms with Gasteiger partial charge in [0.15, 0.2) is 0 Å². The van der Waals surface area contributed by atoms with E-state index in [1.165, 1.54) is 0 Å². The van der Waals surface area contributed by atoms with Crippen LogP contribution < -0.4 is 0 Å². The van der Waals surface area contributed by atoms with Gasteiger partial charge in [-0.1, -0.05) is 5.21 Å². The lowest BCUT2D eigenvalue weighted by molar-refractivity contribution is -0.132. The van der Waals surface area contributed by atoms with E-state index >= 15 is 0 Å². The summed E-state index contributed by atoms with van der Waals surface area (Å²) in [5, 5.41) is 12.3. The molecule has 0 unspecified atom stereocenters. The molecule has 0 fully saturated rings. The molecule has 0 bridgehead atoms. The number of nitrogens with zero attached hydrogens (tertiary/aromatic N) is 4. The van der Waals surface area contributed by atoms with Gasteiger partial charge in [-0.2, -0.15) is 11.3 Å². The Labute approximate surface area is 127 Å². The highest BCUT2D eigenvalue weighted by atomic mass is 32.1. The lowest BCUT2D eigenvalue weighted by Gasteiger charge is -2.32. The predicted octanol–water partition coefficient (Wildman–Crippen LogP) is 1.19. The molecule has 21 heavy (non-hydrogen) atoms. The number of aryl methyl sites for hydroxylation is 1. The zero-order valence-corrected chi connectivity index (χ0v) is 13.0. The first kappa shape index (κ1) is 14.2. The zero-order valence-electron chi connectivity index (χ0n) is 12.2. The molecule has 0 aliphatic carbocycles. The summed E-state index contributed by atoms with van der Waals surface area (Å²) in [5.74, 6) is 0.260. The molecule has 1 atom stereocenters. The zero-order chi connectivity index (χ0) is 14.8. The monoisotopic (exact) mass is 306 g/mol. The van der Waals surface area contributed by atoms with Crippen LogP contribution in [0.4, 0.5) is 0 Å². The Kier molecular flexibility index (Phi) is 4.03. The number of carbonyl (C=O) groups excluding carboxylic acids is 1. The van der Waals surface area contributed by atoms with Crippen LogP contribution in [-0.4, -0.2) is 46.1 Å². The molecule has 0 saturated heterocycles. The molecule has 0 saturated carbocycles. The Hall–Kier alpha value is -1.73. The van der Waals surface area contributed by atoms with Crippen LogP contribution in [-0.2, 0) is 29.5 Å². The number of rotatable bonds is 4.